The van der Waals surface area contributed by atoms with Gasteiger partial charge in [0.1, 0.15) is 12.2 Å². The molecule has 2 rings (SSSR count). The summed E-state index contributed by atoms with van der Waals surface area (Å²) in [6.45, 7) is 14.0. The van der Waals surface area contributed by atoms with Gasteiger partial charge in [-0.2, -0.15) is 0 Å². The highest BCUT2D eigenvalue weighted by atomic mass is 16.7. The van der Waals surface area contributed by atoms with Crippen LogP contribution in [0.5, 0.6) is 0 Å². The summed E-state index contributed by atoms with van der Waals surface area (Å²) < 4.78 is 17.9. The summed E-state index contributed by atoms with van der Waals surface area (Å²) in [7, 11) is 0. The zero-order valence-corrected chi connectivity index (χ0v) is 21.0. The Labute approximate surface area is 194 Å². The molecule has 0 radical (unpaired) electrons. The average Bonchev–Trinajstić information content (AvgIpc) is 2.69. The Morgan fingerprint density at radius 1 is 1.31 bits per heavy atom. The van der Waals surface area contributed by atoms with Gasteiger partial charge in [0.2, 0.25) is 0 Å². The molecule has 0 spiro atoms. The number of hydrogen-bond acceptors (Lipinski definition) is 6. The molecule has 0 aromatic carbocycles. The molecular weight excluding hydrogens is 408 g/mol. The van der Waals surface area contributed by atoms with Gasteiger partial charge < -0.3 is 24.4 Å². The maximum Gasteiger partial charge on any atom is 0.306 e. The Hall–Kier alpha value is -1.21. The van der Waals surface area contributed by atoms with Crippen LogP contribution in [0.25, 0.3) is 0 Å². The van der Waals surface area contributed by atoms with Crippen molar-refractivity contribution in [1.82, 2.24) is 0 Å². The maximum atomic E-state index is 12.3. The zero-order chi connectivity index (χ0) is 24.1. The second-order valence-corrected chi connectivity index (χ2v) is 10.5. The van der Waals surface area contributed by atoms with E-state index in [-0.39, 0.29) is 18.3 Å². The normalized spacial score (nSPS) is 32.8. The number of aliphatic hydroxyl groups excluding tert-OH is 2. The molecule has 0 amide bonds. The van der Waals surface area contributed by atoms with E-state index in [9.17, 15) is 15.0 Å². The van der Waals surface area contributed by atoms with Gasteiger partial charge in [0, 0.05) is 6.42 Å². The number of allylic oxidation sites excluding steroid dienone is 4. The summed E-state index contributed by atoms with van der Waals surface area (Å²) in [5.41, 5.74) is 2.13. The molecule has 0 saturated carbocycles. The van der Waals surface area contributed by atoms with E-state index >= 15 is 0 Å². The van der Waals surface area contributed by atoms with Crippen LogP contribution < -0.4 is 0 Å². The highest BCUT2D eigenvalue weighted by molar-refractivity contribution is 5.69. The van der Waals surface area contributed by atoms with Gasteiger partial charge in [-0.25, -0.2) is 0 Å². The molecule has 1 aliphatic carbocycles. The van der Waals surface area contributed by atoms with Gasteiger partial charge >= 0.3 is 5.97 Å². The van der Waals surface area contributed by atoms with Crippen molar-refractivity contribution >= 4 is 5.97 Å². The first kappa shape index (κ1) is 27.0. The monoisotopic (exact) mass is 452 g/mol. The van der Waals surface area contributed by atoms with Gasteiger partial charge in [0.25, 0.3) is 0 Å². The van der Waals surface area contributed by atoms with E-state index in [0.29, 0.717) is 0 Å². The Balaban J connectivity index is 2.20. The Morgan fingerprint density at radius 3 is 2.56 bits per heavy atom. The molecule has 1 aliphatic heterocycles. The molecule has 6 nitrogen and oxygen atoms in total. The summed E-state index contributed by atoms with van der Waals surface area (Å²) in [6.07, 6.45) is 4.27. The molecule has 6 heteroatoms. The minimum absolute atomic E-state index is 0.127. The molecule has 32 heavy (non-hydrogen) atoms. The summed E-state index contributed by atoms with van der Waals surface area (Å²) >= 11 is 0. The molecule has 0 aromatic heterocycles. The minimum atomic E-state index is -1.26. The predicted molar refractivity (Wildman–Crippen MR) is 125 cm³/mol. The average molecular weight is 453 g/mol. The molecular formula is C26H44O6. The van der Waals surface area contributed by atoms with E-state index in [1.807, 2.05) is 13.8 Å². The molecule has 1 saturated heterocycles. The largest absolute Gasteiger partial charge is 0.456 e. The van der Waals surface area contributed by atoms with Crippen LogP contribution in [-0.2, 0) is 19.0 Å². The Bertz CT molecular complexity index is 680. The SMILES string of the molecule is CC(C)=CCC[C@](C)(O[C@@H]1O[C@H](C)[C@H](O)[C@H](OC(=O)CC(C)C)[C@H]1O)[C@H]1CC=C(C)CC1. The molecule has 1 fully saturated rings. The van der Waals surface area contributed by atoms with Crippen molar-refractivity contribution in [2.75, 3.05) is 0 Å². The topological polar surface area (TPSA) is 85.2 Å². The Morgan fingerprint density at radius 2 is 2.00 bits per heavy atom. The van der Waals surface area contributed by atoms with Crippen molar-refractivity contribution in [3.63, 3.8) is 0 Å². The van der Waals surface area contributed by atoms with Crippen LogP contribution >= 0.6 is 0 Å². The smallest absolute Gasteiger partial charge is 0.306 e. The van der Waals surface area contributed by atoms with Crippen LogP contribution in [0.1, 0.15) is 87.0 Å². The molecule has 0 unspecified atom stereocenters. The highest BCUT2D eigenvalue weighted by Gasteiger charge is 2.49. The second-order valence-electron chi connectivity index (χ2n) is 10.5. The summed E-state index contributed by atoms with van der Waals surface area (Å²) in [5, 5.41) is 21.6. The lowest BCUT2D eigenvalue weighted by atomic mass is 9.76. The van der Waals surface area contributed by atoms with Crippen molar-refractivity contribution in [3.8, 4) is 0 Å². The van der Waals surface area contributed by atoms with E-state index in [2.05, 4.69) is 39.8 Å². The van der Waals surface area contributed by atoms with Crippen LogP contribution in [0, 0.1) is 11.8 Å². The fourth-order valence-electron chi connectivity index (χ4n) is 4.56. The van der Waals surface area contributed by atoms with Crippen LogP contribution in [0.15, 0.2) is 23.3 Å². The van der Waals surface area contributed by atoms with E-state index in [1.54, 1.807) is 6.92 Å². The molecule has 0 aromatic rings. The third-order valence-electron chi connectivity index (χ3n) is 6.70. The van der Waals surface area contributed by atoms with Crippen LogP contribution in [0.2, 0.25) is 0 Å². The van der Waals surface area contributed by atoms with Crippen LogP contribution in [-0.4, -0.2) is 52.5 Å². The Kier molecular flexibility index (Phi) is 9.95. The summed E-state index contributed by atoms with van der Waals surface area (Å²) in [5.74, 6) is -0.0194. The third kappa shape index (κ3) is 7.41. The third-order valence-corrected chi connectivity index (χ3v) is 6.70. The number of aliphatic hydroxyl groups is 2. The molecule has 0 bridgehead atoms. The molecule has 2 N–H and O–H groups in total. The number of rotatable bonds is 9. The first-order chi connectivity index (χ1) is 14.9. The van der Waals surface area contributed by atoms with Crippen LogP contribution in [0.4, 0.5) is 0 Å². The van der Waals surface area contributed by atoms with Crippen molar-refractivity contribution in [2.24, 2.45) is 11.8 Å². The molecule has 1 heterocycles. The van der Waals surface area contributed by atoms with Crippen molar-refractivity contribution in [3.05, 3.63) is 23.3 Å². The van der Waals surface area contributed by atoms with Gasteiger partial charge in [-0.05, 0) is 78.6 Å². The van der Waals surface area contributed by atoms with E-state index in [0.717, 1.165) is 32.1 Å². The first-order valence-electron chi connectivity index (χ1n) is 12.1. The fraction of sp³-hybridized carbons (Fsp3) is 0.808. The van der Waals surface area contributed by atoms with Crippen LogP contribution in [0.3, 0.4) is 0 Å². The van der Waals surface area contributed by atoms with Crippen molar-refractivity contribution in [2.45, 2.75) is 123 Å². The minimum Gasteiger partial charge on any atom is -0.456 e. The van der Waals surface area contributed by atoms with Crippen molar-refractivity contribution < 1.29 is 29.2 Å². The lowest BCUT2D eigenvalue weighted by Gasteiger charge is -2.47. The standard InChI is InChI=1S/C26H44O6/c1-16(2)9-8-14-26(7,20-12-10-18(5)11-13-20)32-25-23(29)24(22(28)19(6)30-25)31-21(27)15-17(3)4/h9-10,17,19-20,22-25,28-29H,8,11-15H2,1-7H3/t19-,20+,22+,23-,24+,25+,26+/m1/s1. The highest BCUT2D eigenvalue weighted by Crippen LogP contribution is 2.40. The van der Waals surface area contributed by atoms with Gasteiger partial charge in [0.05, 0.1) is 11.7 Å². The number of esters is 1. The quantitative estimate of drug-likeness (QED) is 0.390. The van der Waals surface area contributed by atoms with Gasteiger partial charge in [-0.15, -0.1) is 0 Å². The van der Waals surface area contributed by atoms with E-state index in [4.69, 9.17) is 14.2 Å². The van der Waals surface area contributed by atoms with Gasteiger partial charge in [0.15, 0.2) is 12.4 Å². The van der Waals surface area contributed by atoms with Gasteiger partial charge in [-0.3, -0.25) is 4.79 Å². The predicted octanol–water partition coefficient (Wildman–Crippen LogP) is 4.68. The second kappa shape index (κ2) is 11.8. The zero-order valence-electron chi connectivity index (χ0n) is 21.0. The lowest BCUT2D eigenvalue weighted by Crippen LogP contribution is -2.61. The number of ether oxygens (including phenoxy) is 3. The van der Waals surface area contributed by atoms with Gasteiger partial charge in [-0.1, -0.05) is 37.1 Å². The number of carbonyl (C=O) groups excluding carboxylic acids is 1. The fourth-order valence-corrected chi connectivity index (χ4v) is 4.56. The number of carbonyl (C=O) groups is 1. The van der Waals surface area contributed by atoms with E-state index < -0.39 is 42.3 Å². The van der Waals surface area contributed by atoms with E-state index in [1.165, 1.54) is 11.1 Å². The molecule has 2 aliphatic rings. The number of hydrogen-bond donors (Lipinski definition) is 2. The first-order valence-corrected chi connectivity index (χ1v) is 12.1. The maximum absolute atomic E-state index is 12.3. The lowest BCUT2D eigenvalue weighted by molar-refractivity contribution is -0.327. The summed E-state index contributed by atoms with van der Waals surface area (Å²) in [4.78, 5) is 12.3. The summed E-state index contributed by atoms with van der Waals surface area (Å²) in [6, 6.07) is 0. The van der Waals surface area contributed by atoms with Crippen molar-refractivity contribution in [1.29, 1.82) is 0 Å². The molecule has 184 valence electrons. The molecule has 7 atom stereocenters.